The number of rotatable bonds is 2. The number of nitrogen functional groups attached to an aromatic ring is 1. The van der Waals surface area contributed by atoms with Gasteiger partial charge in [-0.25, -0.2) is 4.39 Å². The number of nitrogens with one attached hydrogen (secondary N) is 1. The first kappa shape index (κ1) is 14.1. The molecule has 0 atom stereocenters. The summed E-state index contributed by atoms with van der Waals surface area (Å²) in [6.45, 7) is 0. The second-order valence-corrected chi connectivity index (χ2v) is 5.73. The fourth-order valence-corrected chi connectivity index (χ4v) is 2.63. The lowest BCUT2D eigenvalue weighted by molar-refractivity contribution is 0.621. The van der Waals surface area contributed by atoms with Crippen LogP contribution in [0.2, 0.25) is 5.02 Å². The number of halogens is 3. The Bertz CT molecular complexity index is 816. The first-order valence-electron chi connectivity index (χ1n) is 6.12. The van der Waals surface area contributed by atoms with Gasteiger partial charge in [0.1, 0.15) is 5.82 Å². The van der Waals surface area contributed by atoms with E-state index < -0.39 is 0 Å². The Hall–Kier alpha value is -1.85. The van der Waals surface area contributed by atoms with E-state index in [-0.39, 0.29) is 5.82 Å². The minimum Gasteiger partial charge on any atom is -0.382 e. The molecule has 106 valence electrons. The molecule has 0 saturated carbocycles. The van der Waals surface area contributed by atoms with E-state index in [1.165, 1.54) is 6.07 Å². The van der Waals surface area contributed by atoms with Crippen molar-refractivity contribution in [3.8, 4) is 22.4 Å². The van der Waals surface area contributed by atoms with Crippen molar-refractivity contribution < 1.29 is 4.39 Å². The van der Waals surface area contributed by atoms with Crippen molar-refractivity contribution in [2.24, 2.45) is 0 Å². The number of nitrogens with zero attached hydrogens (tertiary/aromatic N) is 1. The number of benzene rings is 2. The lowest BCUT2D eigenvalue weighted by Crippen LogP contribution is -1.90. The Balaban J connectivity index is 2.22. The molecule has 0 saturated heterocycles. The Labute approximate surface area is 134 Å². The summed E-state index contributed by atoms with van der Waals surface area (Å²) in [5.74, 6) is -0.0350. The molecule has 0 amide bonds. The first-order chi connectivity index (χ1) is 10.1. The number of H-pyrrole nitrogens is 1. The summed E-state index contributed by atoms with van der Waals surface area (Å²) in [6, 6.07) is 12.1. The topological polar surface area (TPSA) is 54.7 Å². The molecule has 2 aromatic carbocycles. The van der Waals surface area contributed by atoms with Gasteiger partial charge in [0, 0.05) is 16.1 Å². The monoisotopic (exact) mass is 365 g/mol. The third-order valence-corrected chi connectivity index (χ3v) is 4.12. The second kappa shape index (κ2) is 5.50. The molecule has 0 aliphatic rings. The van der Waals surface area contributed by atoms with Crippen molar-refractivity contribution in [1.82, 2.24) is 10.2 Å². The van der Waals surface area contributed by atoms with Crippen molar-refractivity contribution in [2.45, 2.75) is 0 Å². The van der Waals surface area contributed by atoms with Crippen LogP contribution in [-0.2, 0) is 0 Å². The van der Waals surface area contributed by atoms with Crippen molar-refractivity contribution in [1.29, 1.82) is 0 Å². The van der Waals surface area contributed by atoms with E-state index in [9.17, 15) is 4.39 Å². The van der Waals surface area contributed by atoms with Crippen molar-refractivity contribution in [3.05, 3.63) is 57.8 Å². The highest BCUT2D eigenvalue weighted by atomic mass is 79.9. The summed E-state index contributed by atoms with van der Waals surface area (Å²) in [5, 5.41) is 7.43. The van der Waals surface area contributed by atoms with Gasteiger partial charge >= 0.3 is 0 Å². The Morgan fingerprint density at radius 3 is 2.67 bits per heavy atom. The molecule has 3 aromatic rings. The maximum Gasteiger partial charge on any atom is 0.153 e. The number of aromatic amines is 1. The smallest absolute Gasteiger partial charge is 0.153 e. The van der Waals surface area contributed by atoms with E-state index in [4.69, 9.17) is 17.3 Å². The number of hydrogen-bond acceptors (Lipinski definition) is 2. The Kier molecular flexibility index (Phi) is 3.69. The van der Waals surface area contributed by atoms with Crippen LogP contribution in [0.15, 0.2) is 46.9 Å². The number of hydrogen-bond donors (Lipinski definition) is 2. The molecule has 0 spiro atoms. The van der Waals surface area contributed by atoms with Gasteiger partial charge in [-0.1, -0.05) is 35.9 Å². The zero-order chi connectivity index (χ0) is 15.0. The van der Waals surface area contributed by atoms with Gasteiger partial charge in [0.15, 0.2) is 5.82 Å². The molecule has 0 fully saturated rings. The second-order valence-electron chi connectivity index (χ2n) is 4.47. The summed E-state index contributed by atoms with van der Waals surface area (Å²) in [4.78, 5) is 0. The predicted molar refractivity (Wildman–Crippen MR) is 86.5 cm³/mol. The zero-order valence-electron chi connectivity index (χ0n) is 10.7. The van der Waals surface area contributed by atoms with Crippen LogP contribution in [-0.4, -0.2) is 10.2 Å². The molecule has 0 unspecified atom stereocenters. The van der Waals surface area contributed by atoms with Gasteiger partial charge in [-0.3, -0.25) is 5.10 Å². The highest BCUT2D eigenvalue weighted by Crippen LogP contribution is 2.38. The zero-order valence-corrected chi connectivity index (χ0v) is 13.0. The molecule has 3 rings (SSSR count). The van der Waals surface area contributed by atoms with E-state index in [2.05, 4.69) is 26.1 Å². The molecule has 3 N–H and O–H groups in total. The first-order valence-corrected chi connectivity index (χ1v) is 7.29. The number of nitrogens with two attached hydrogens (primary N) is 1. The lowest BCUT2D eigenvalue weighted by Gasteiger charge is -2.07. The molecule has 3 nitrogen and oxygen atoms in total. The Morgan fingerprint density at radius 1 is 1.19 bits per heavy atom. The summed E-state index contributed by atoms with van der Waals surface area (Å²) in [5.41, 5.74) is 8.65. The number of anilines is 1. The maximum atomic E-state index is 13.7. The van der Waals surface area contributed by atoms with E-state index in [0.29, 0.717) is 32.1 Å². The van der Waals surface area contributed by atoms with E-state index in [0.717, 1.165) is 5.56 Å². The highest BCUT2D eigenvalue weighted by molar-refractivity contribution is 9.10. The molecule has 0 radical (unpaired) electrons. The van der Waals surface area contributed by atoms with Gasteiger partial charge in [0.25, 0.3) is 0 Å². The van der Waals surface area contributed by atoms with E-state index in [1.807, 2.05) is 18.2 Å². The van der Waals surface area contributed by atoms with Crippen LogP contribution >= 0.6 is 27.5 Å². The normalized spacial score (nSPS) is 10.8. The highest BCUT2D eigenvalue weighted by Gasteiger charge is 2.17. The standard InChI is InChI=1S/C15H10BrClFN3/c16-10-6-5-8(7-12(10)18)14-13(15(19)21-20-14)9-3-1-2-4-11(9)17/h1-7H,(H3,19,20,21). The van der Waals surface area contributed by atoms with Crippen LogP contribution in [0.4, 0.5) is 10.2 Å². The van der Waals surface area contributed by atoms with Crippen LogP contribution in [0.3, 0.4) is 0 Å². The molecular formula is C15H10BrClFN3. The molecular weight excluding hydrogens is 357 g/mol. The van der Waals surface area contributed by atoms with Crippen LogP contribution in [0.25, 0.3) is 22.4 Å². The average molecular weight is 367 g/mol. The fraction of sp³-hybridized carbons (Fsp3) is 0. The third-order valence-electron chi connectivity index (χ3n) is 3.15. The van der Waals surface area contributed by atoms with Crippen molar-refractivity contribution in [3.63, 3.8) is 0 Å². The van der Waals surface area contributed by atoms with Gasteiger partial charge in [0.05, 0.1) is 15.7 Å². The molecule has 0 bridgehead atoms. The molecule has 21 heavy (non-hydrogen) atoms. The van der Waals surface area contributed by atoms with Crippen molar-refractivity contribution in [2.75, 3.05) is 5.73 Å². The van der Waals surface area contributed by atoms with E-state index in [1.54, 1.807) is 18.2 Å². The molecule has 0 aliphatic heterocycles. The van der Waals surface area contributed by atoms with Gasteiger partial charge in [-0.2, -0.15) is 5.10 Å². The quantitative estimate of drug-likeness (QED) is 0.679. The van der Waals surface area contributed by atoms with Crippen LogP contribution in [0.1, 0.15) is 0 Å². The van der Waals surface area contributed by atoms with Gasteiger partial charge in [-0.15, -0.1) is 0 Å². The minimum atomic E-state index is -0.356. The van der Waals surface area contributed by atoms with Crippen molar-refractivity contribution >= 4 is 33.3 Å². The summed E-state index contributed by atoms with van der Waals surface area (Å²) < 4.78 is 14.1. The fourth-order valence-electron chi connectivity index (χ4n) is 2.15. The van der Waals surface area contributed by atoms with Gasteiger partial charge in [0.2, 0.25) is 0 Å². The summed E-state index contributed by atoms with van der Waals surface area (Å²) in [7, 11) is 0. The largest absolute Gasteiger partial charge is 0.382 e. The maximum absolute atomic E-state index is 13.7. The summed E-state index contributed by atoms with van der Waals surface area (Å²) in [6.07, 6.45) is 0. The molecule has 1 aromatic heterocycles. The minimum absolute atomic E-state index is 0.321. The SMILES string of the molecule is Nc1n[nH]c(-c2ccc(Br)c(F)c2)c1-c1ccccc1Cl. The average Bonchev–Trinajstić information content (AvgIpc) is 2.84. The van der Waals surface area contributed by atoms with Crippen LogP contribution in [0.5, 0.6) is 0 Å². The van der Waals surface area contributed by atoms with Crippen LogP contribution in [0, 0.1) is 5.82 Å². The Morgan fingerprint density at radius 2 is 1.95 bits per heavy atom. The third kappa shape index (κ3) is 2.54. The number of aromatic nitrogens is 2. The molecule has 6 heteroatoms. The molecule has 1 heterocycles. The molecule has 0 aliphatic carbocycles. The van der Waals surface area contributed by atoms with Crippen LogP contribution < -0.4 is 5.73 Å². The summed E-state index contributed by atoms with van der Waals surface area (Å²) >= 11 is 9.36. The van der Waals surface area contributed by atoms with Gasteiger partial charge < -0.3 is 5.73 Å². The lowest BCUT2D eigenvalue weighted by atomic mass is 10.0. The van der Waals surface area contributed by atoms with Gasteiger partial charge in [-0.05, 0) is 34.1 Å². The van der Waals surface area contributed by atoms with E-state index >= 15 is 0 Å². The predicted octanol–water partition coefficient (Wildman–Crippen LogP) is 4.88.